The maximum atomic E-state index is 12.5. The smallest absolute Gasteiger partial charge is 0.300 e. The van der Waals surface area contributed by atoms with Crippen molar-refractivity contribution in [3.05, 3.63) is 51.9 Å². The Labute approximate surface area is 173 Å². The van der Waals surface area contributed by atoms with Crippen LogP contribution in [0.1, 0.15) is 5.56 Å². The van der Waals surface area contributed by atoms with E-state index in [0.717, 1.165) is 5.56 Å². The van der Waals surface area contributed by atoms with E-state index in [0.29, 0.717) is 46.6 Å². The summed E-state index contributed by atoms with van der Waals surface area (Å²) in [5.74, 6) is 0.179. The molecule has 11 heteroatoms. The summed E-state index contributed by atoms with van der Waals surface area (Å²) in [5, 5.41) is 17.0. The topological polar surface area (TPSA) is 131 Å². The van der Waals surface area contributed by atoms with Crippen molar-refractivity contribution in [2.24, 2.45) is 0 Å². The van der Waals surface area contributed by atoms with E-state index >= 15 is 0 Å². The van der Waals surface area contributed by atoms with Crippen LogP contribution in [-0.2, 0) is 17.9 Å². The number of hydrogen-bond acceptors (Lipinski definition) is 8. The quantitative estimate of drug-likeness (QED) is 0.515. The number of hydrogen-bond donors (Lipinski definition) is 2. The van der Waals surface area contributed by atoms with Crippen LogP contribution in [0.5, 0.6) is 0 Å². The Kier molecular flexibility index (Phi) is 4.26. The van der Waals surface area contributed by atoms with Gasteiger partial charge >= 0.3 is 5.56 Å². The lowest BCUT2D eigenvalue weighted by Crippen LogP contribution is -2.21. The summed E-state index contributed by atoms with van der Waals surface area (Å²) in [7, 11) is 0. The van der Waals surface area contributed by atoms with E-state index < -0.39 is 5.56 Å². The molecule has 1 aromatic carbocycles. The van der Waals surface area contributed by atoms with Gasteiger partial charge in [-0.3, -0.25) is 14.2 Å². The van der Waals surface area contributed by atoms with E-state index in [-0.39, 0.29) is 12.5 Å². The lowest BCUT2D eigenvalue weighted by atomic mass is 10.1. The number of rotatable bonds is 4. The summed E-state index contributed by atoms with van der Waals surface area (Å²) in [6, 6.07) is 9.13. The predicted octanol–water partition coefficient (Wildman–Crippen LogP) is 1.65. The molecule has 0 atom stereocenters. The fourth-order valence-corrected chi connectivity index (χ4v) is 4.07. The molecule has 1 aliphatic heterocycles. The third kappa shape index (κ3) is 3.09. The summed E-state index contributed by atoms with van der Waals surface area (Å²) in [6.45, 7) is 1.27. The zero-order chi connectivity index (χ0) is 20.7. The number of amides is 1. The molecule has 0 saturated heterocycles. The van der Waals surface area contributed by atoms with Crippen LogP contribution in [0.4, 0.5) is 11.1 Å². The van der Waals surface area contributed by atoms with E-state index in [9.17, 15) is 9.59 Å². The number of nitriles is 1. The normalized spacial score (nSPS) is 12.4. The number of aromatic nitrogens is 5. The second kappa shape index (κ2) is 7.09. The molecule has 0 aliphatic carbocycles. The van der Waals surface area contributed by atoms with Crippen molar-refractivity contribution in [3.8, 4) is 17.3 Å². The fraction of sp³-hybridized carbons (Fsp3) is 0.158. The van der Waals surface area contributed by atoms with Gasteiger partial charge in [-0.05, 0) is 12.1 Å². The van der Waals surface area contributed by atoms with Crippen LogP contribution in [0.25, 0.3) is 22.4 Å². The number of carbonyl (C=O) groups is 1. The molecule has 3 aromatic heterocycles. The first-order valence-electron chi connectivity index (χ1n) is 9.08. The molecule has 30 heavy (non-hydrogen) atoms. The average molecular weight is 418 g/mol. The van der Waals surface area contributed by atoms with Crippen LogP contribution in [0, 0.1) is 11.3 Å². The number of fused-ring (bicyclic) bond motifs is 3. The Bertz CT molecular complexity index is 1380. The summed E-state index contributed by atoms with van der Waals surface area (Å²) in [5.41, 5.74) is 2.52. The van der Waals surface area contributed by atoms with Gasteiger partial charge in [-0.1, -0.05) is 12.1 Å². The number of nitrogens with zero attached hydrogens (tertiary/aromatic N) is 6. The van der Waals surface area contributed by atoms with Crippen molar-refractivity contribution < 1.29 is 4.79 Å². The first-order valence-corrected chi connectivity index (χ1v) is 9.96. The van der Waals surface area contributed by atoms with Crippen LogP contribution in [0.2, 0.25) is 0 Å². The minimum Gasteiger partial charge on any atom is -0.354 e. The van der Waals surface area contributed by atoms with Gasteiger partial charge in [0.25, 0.3) is 0 Å². The molecule has 0 bridgehead atoms. The lowest BCUT2D eigenvalue weighted by molar-refractivity contribution is -0.116. The minimum absolute atomic E-state index is 0.0774. The largest absolute Gasteiger partial charge is 0.354 e. The lowest BCUT2D eigenvalue weighted by Gasteiger charge is -2.05. The van der Waals surface area contributed by atoms with Gasteiger partial charge in [-0.15, -0.1) is 11.3 Å². The van der Waals surface area contributed by atoms with Crippen molar-refractivity contribution in [1.82, 2.24) is 24.1 Å². The zero-order valence-corrected chi connectivity index (χ0v) is 16.3. The van der Waals surface area contributed by atoms with Crippen LogP contribution < -0.4 is 16.2 Å². The van der Waals surface area contributed by atoms with Crippen molar-refractivity contribution >= 4 is 39.5 Å². The highest BCUT2D eigenvalue weighted by molar-refractivity contribution is 7.14. The first kappa shape index (κ1) is 18.0. The Morgan fingerprint density at radius 1 is 1.30 bits per heavy atom. The average Bonchev–Trinajstić information content (AvgIpc) is 3.48. The molecule has 1 aliphatic rings. The van der Waals surface area contributed by atoms with Crippen LogP contribution in [0.15, 0.2) is 40.8 Å². The fourth-order valence-electron chi connectivity index (χ4n) is 3.34. The number of thiazole rings is 1. The van der Waals surface area contributed by atoms with E-state index in [4.69, 9.17) is 5.26 Å². The molecular weight excluding hydrogens is 404 g/mol. The van der Waals surface area contributed by atoms with E-state index in [2.05, 4.69) is 31.7 Å². The van der Waals surface area contributed by atoms with E-state index in [1.165, 1.54) is 22.2 Å². The predicted molar refractivity (Wildman–Crippen MR) is 111 cm³/mol. The van der Waals surface area contributed by atoms with Gasteiger partial charge in [-0.25, -0.2) is 9.97 Å². The second-order valence-electron chi connectivity index (χ2n) is 6.64. The van der Waals surface area contributed by atoms with Gasteiger partial charge < -0.3 is 15.2 Å². The molecule has 4 aromatic rings. The molecule has 4 heterocycles. The number of imidazole rings is 1. The highest BCUT2D eigenvalue weighted by atomic mass is 32.1. The number of carbonyl (C=O) groups excluding carboxylic acids is 1. The minimum atomic E-state index is -0.423. The highest BCUT2D eigenvalue weighted by Gasteiger charge is 2.20. The standard InChI is InChI=1S/C19H14N8O2S/c20-7-11-1-3-12(4-2-11)13-9-30-19(23-13)24-14(28)8-26-10-22-16-15(26)17(29)25-18-21-5-6-27(16)18/h1-4,9-10H,5-6,8H2,(H,21,25,29)(H,23,24,28). The van der Waals surface area contributed by atoms with Gasteiger partial charge in [-0.2, -0.15) is 10.2 Å². The van der Waals surface area contributed by atoms with Crippen LogP contribution in [-0.4, -0.2) is 36.5 Å². The Balaban J connectivity index is 1.34. The number of nitrogens with one attached hydrogen (secondary N) is 2. The Morgan fingerprint density at radius 2 is 2.13 bits per heavy atom. The van der Waals surface area contributed by atoms with Crippen LogP contribution >= 0.6 is 11.3 Å². The molecule has 0 fully saturated rings. The van der Waals surface area contributed by atoms with Gasteiger partial charge in [0.2, 0.25) is 11.9 Å². The molecule has 2 N–H and O–H groups in total. The van der Waals surface area contributed by atoms with Crippen molar-refractivity contribution in [3.63, 3.8) is 0 Å². The second-order valence-corrected chi connectivity index (χ2v) is 7.50. The summed E-state index contributed by atoms with van der Waals surface area (Å²) in [4.78, 5) is 37.7. The monoisotopic (exact) mass is 418 g/mol. The molecular formula is C19H14N8O2S. The van der Waals surface area contributed by atoms with Crippen LogP contribution in [0.3, 0.4) is 0 Å². The molecule has 1 amide bonds. The third-order valence-corrected chi connectivity index (χ3v) is 5.49. The molecule has 0 spiro atoms. The first-order chi connectivity index (χ1) is 14.6. The Morgan fingerprint density at radius 3 is 2.93 bits per heavy atom. The number of benzene rings is 1. The zero-order valence-electron chi connectivity index (χ0n) is 15.5. The molecule has 10 nitrogen and oxygen atoms in total. The number of anilines is 2. The SMILES string of the molecule is N#Cc1ccc(-c2csc(NC(=O)Cn3cnc4c3c(=O)nc3n4CCN3)n2)cc1. The molecule has 0 radical (unpaired) electrons. The summed E-state index contributed by atoms with van der Waals surface area (Å²) in [6.07, 6.45) is 1.48. The molecule has 0 unspecified atom stereocenters. The van der Waals surface area contributed by atoms with Gasteiger partial charge in [0.05, 0.1) is 23.7 Å². The molecule has 0 saturated carbocycles. The van der Waals surface area contributed by atoms with Crippen molar-refractivity contribution in [2.45, 2.75) is 13.1 Å². The van der Waals surface area contributed by atoms with Crippen molar-refractivity contribution in [1.29, 1.82) is 5.26 Å². The van der Waals surface area contributed by atoms with E-state index in [1.54, 1.807) is 12.1 Å². The third-order valence-electron chi connectivity index (χ3n) is 4.73. The van der Waals surface area contributed by atoms with E-state index in [1.807, 2.05) is 22.1 Å². The van der Waals surface area contributed by atoms with Gasteiger partial charge in [0, 0.05) is 24.0 Å². The maximum Gasteiger partial charge on any atom is 0.300 e. The maximum absolute atomic E-state index is 12.5. The highest BCUT2D eigenvalue weighted by Crippen LogP contribution is 2.25. The van der Waals surface area contributed by atoms with Gasteiger partial charge in [0.1, 0.15) is 6.54 Å². The summed E-state index contributed by atoms with van der Waals surface area (Å²) >= 11 is 1.30. The summed E-state index contributed by atoms with van der Waals surface area (Å²) < 4.78 is 3.33. The van der Waals surface area contributed by atoms with Gasteiger partial charge in [0.15, 0.2) is 16.3 Å². The molecule has 5 rings (SSSR count). The Hall–Kier alpha value is -4.04. The van der Waals surface area contributed by atoms with Crippen molar-refractivity contribution in [2.75, 3.05) is 17.2 Å². The molecule has 148 valence electrons.